The van der Waals surface area contributed by atoms with Crippen LogP contribution in [0.5, 0.6) is 0 Å². The molecule has 1 atom stereocenters. The van der Waals surface area contributed by atoms with Gasteiger partial charge in [0.25, 0.3) is 0 Å². The minimum Gasteiger partial charge on any atom is -0.345 e. The molecule has 2 aliphatic heterocycles. The Labute approximate surface area is 98.9 Å². The Bertz CT molecular complexity index is 392. The van der Waals surface area contributed by atoms with Crippen molar-refractivity contribution in [2.24, 2.45) is 0 Å². The van der Waals surface area contributed by atoms with Crippen molar-refractivity contribution in [2.45, 2.75) is 18.9 Å². The van der Waals surface area contributed by atoms with Gasteiger partial charge in [0.1, 0.15) is 0 Å². The molecule has 2 fully saturated rings. The third-order valence-corrected chi connectivity index (χ3v) is 4.47. The maximum atomic E-state index is 10.6. The Morgan fingerprint density at radius 1 is 1.44 bits per heavy atom. The van der Waals surface area contributed by atoms with Crippen LogP contribution in [0.1, 0.15) is 22.5 Å². The summed E-state index contributed by atoms with van der Waals surface area (Å²) in [4.78, 5) is 20.6. The van der Waals surface area contributed by atoms with Crippen molar-refractivity contribution < 1.29 is 4.79 Å². The largest absolute Gasteiger partial charge is 0.345 e. The summed E-state index contributed by atoms with van der Waals surface area (Å²) in [7, 11) is 0. The lowest BCUT2D eigenvalue weighted by Gasteiger charge is -2.37. The van der Waals surface area contributed by atoms with Gasteiger partial charge in [0.05, 0.1) is 11.1 Å². The Kier molecular flexibility index (Phi) is 2.65. The molecule has 2 saturated heterocycles. The minimum atomic E-state index is 0.706. The van der Waals surface area contributed by atoms with Crippen LogP contribution in [-0.4, -0.2) is 48.4 Å². The van der Waals surface area contributed by atoms with E-state index < -0.39 is 0 Å². The number of carbonyl (C=O) groups excluding carboxylic acids is 1. The quantitative estimate of drug-likeness (QED) is 0.725. The monoisotopic (exact) mass is 237 g/mol. The predicted molar refractivity (Wildman–Crippen MR) is 64.3 cm³/mol. The molecule has 0 bridgehead atoms. The van der Waals surface area contributed by atoms with Crippen LogP contribution in [0, 0.1) is 0 Å². The van der Waals surface area contributed by atoms with Crippen molar-refractivity contribution in [2.75, 3.05) is 31.1 Å². The highest BCUT2D eigenvalue weighted by molar-refractivity contribution is 7.17. The van der Waals surface area contributed by atoms with Crippen molar-refractivity contribution in [1.29, 1.82) is 0 Å². The topological polar surface area (TPSA) is 36.4 Å². The first-order chi connectivity index (χ1) is 7.86. The molecule has 3 rings (SSSR count). The van der Waals surface area contributed by atoms with Crippen molar-refractivity contribution in [3.05, 3.63) is 11.1 Å². The summed E-state index contributed by atoms with van der Waals surface area (Å²) >= 11 is 1.50. The number of aldehydes is 1. The Morgan fingerprint density at radius 2 is 2.38 bits per heavy atom. The molecule has 0 radical (unpaired) electrons. The summed E-state index contributed by atoms with van der Waals surface area (Å²) in [5, 5.41) is 1.01. The molecule has 0 saturated carbocycles. The van der Waals surface area contributed by atoms with Gasteiger partial charge in [-0.3, -0.25) is 9.69 Å². The number of anilines is 1. The van der Waals surface area contributed by atoms with Crippen LogP contribution < -0.4 is 4.90 Å². The lowest BCUT2D eigenvalue weighted by Crippen LogP contribution is -2.50. The zero-order chi connectivity index (χ0) is 11.0. The molecule has 0 amide bonds. The molecule has 3 heterocycles. The Balaban J connectivity index is 1.73. The van der Waals surface area contributed by atoms with Crippen LogP contribution in [0.4, 0.5) is 5.13 Å². The molecule has 4 nitrogen and oxygen atoms in total. The number of carbonyl (C=O) groups is 1. The molecule has 86 valence electrons. The average molecular weight is 237 g/mol. The van der Waals surface area contributed by atoms with Gasteiger partial charge in [0, 0.05) is 25.7 Å². The van der Waals surface area contributed by atoms with Gasteiger partial charge < -0.3 is 4.90 Å². The van der Waals surface area contributed by atoms with Gasteiger partial charge >= 0.3 is 0 Å². The van der Waals surface area contributed by atoms with E-state index in [1.54, 1.807) is 6.20 Å². The number of nitrogens with zero attached hydrogens (tertiary/aromatic N) is 3. The molecular weight excluding hydrogens is 222 g/mol. The van der Waals surface area contributed by atoms with E-state index >= 15 is 0 Å². The van der Waals surface area contributed by atoms with Gasteiger partial charge in [-0.05, 0) is 19.4 Å². The van der Waals surface area contributed by atoms with Crippen molar-refractivity contribution in [1.82, 2.24) is 9.88 Å². The Hall–Kier alpha value is -0.940. The van der Waals surface area contributed by atoms with Gasteiger partial charge in [-0.1, -0.05) is 11.3 Å². The molecule has 1 aromatic rings. The summed E-state index contributed by atoms with van der Waals surface area (Å²) in [5.41, 5.74) is 0. The van der Waals surface area contributed by atoms with Crippen LogP contribution in [0.15, 0.2) is 6.20 Å². The van der Waals surface area contributed by atoms with E-state index in [1.165, 1.54) is 30.7 Å². The van der Waals surface area contributed by atoms with Crippen molar-refractivity contribution in [3.63, 3.8) is 0 Å². The SMILES string of the molecule is O=Cc1cnc(N2CCN3CCCC3C2)s1. The molecule has 0 N–H and O–H groups in total. The van der Waals surface area contributed by atoms with E-state index in [-0.39, 0.29) is 0 Å². The highest BCUT2D eigenvalue weighted by Crippen LogP contribution is 2.27. The molecule has 1 aromatic heterocycles. The summed E-state index contributed by atoms with van der Waals surface area (Å²) in [6.07, 6.45) is 5.19. The first kappa shape index (κ1) is 10.2. The molecule has 0 spiro atoms. The number of rotatable bonds is 2. The van der Waals surface area contributed by atoms with Gasteiger partial charge in [0.15, 0.2) is 11.4 Å². The fraction of sp³-hybridized carbons (Fsp3) is 0.636. The average Bonchev–Trinajstić information content (AvgIpc) is 2.96. The first-order valence-corrected chi connectivity index (χ1v) is 6.58. The molecule has 1 unspecified atom stereocenters. The van der Waals surface area contributed by atoms with Crippen LogP contribution in [0.3, 0.4) is 0 Å². The van der Waals surface area contributed by atoms with E-state index in [4.69, 9.17) is 0 Å². The predicted octanol–water partition coefficient (Wildman–Crippen LogP) is 1.24. The van der Waals surface area contributed by atoms with E-state index in [9.17, 15) is 4.79 Å². The summed E-state index contributed by atoms with van der Waals surface area (Å²) < 4.78 is 0. The molecule has 5 heteroatoms. The second kappa shape index (κ2) is 4.14. The van der Waals surface area contributed by atoms with Crippen molar-refractivity contribution >= 4 is 22.8 Å². The number of hydrogen-bond acceptors (Lipinski definition) is 5. The van der Waals surface area contributed by atoms with Crippen molar-refractivity contribution in [3.8, 4) is 0 Å². The molecule has 0 aliphatic carbocycles. The third-order valence-electron chi connectivity index (χ3n) is 3.49. The number of thiazole rings is 1. The zero-order valence-electron chi connectivity index (χ0n) is 9.13. The maximum absolute atomic E-state index is 10.6. The van der Waals surface area contributed by atoms with Gasteiger partial charge in [0.2, 0.25) is 0 Å². The number of piperazine rings is 1. The lowest BCUT2D eigenvalue weighted by atomic mass is 10.2. The van der Waals surface area contributed by atoms with Crippen LogP contribution >= 0.6 is 11.3 Å². The van der Waals surface area contributed by atoms with Crippen LogP contribution in [-0.2, 0) is 0 Å². The maximum Gasteiger partial charge on any atom is 0.186 e. The van der Waals surface area contributed by atoms with Gasteiger partial charge in [-0.15, -0.1) is 0 Å². The first-order valence-electron chi connectivity index (χ1n) is 5.77. The highest BCUT2D eigenvalue weighted by Gasteiger charge is 2.31. The second-order valence-corrected chi connectivity index (χ2v) is 5.48. The number of aromatic nitrogens is 1. The lowest BCUT2D eigenvalue weighted by molar-refractivity contribution is 0.112. The van der Waals surface area contributed by atoms with Crippen LogP contribution in [0.25, 0.3) is 0 Å². The number of fused-ring (bicyclic) bond motifs is 1. The zero-order valence-corrected chi connectivity index (χ0v) is 9.95. The number of hydrogen-bond donors (Lipinski definition) is 0. The highest BCUT2D eigenvalue weighted by atomic mass is 32.1. The normalized spacial score (nSPS) is 25.8. The third kappa shape index (κ3) is 1.74. The van der Waals surface area contributed by atoms with E-state index in [1.807, 2.05) is 0 Å². The van der Waals surface area contributed by atoms with E-state index in [0.717, 1.165) is 35.9 Å². The molecule has 0 aromatic carbocycles. The summed E-state index contributed by atoms with van der Waals surface area (Å²) in [6, 6.07) is 0.706. The summed E-state index contributed by atoms with van der Waals surface area (Å²) in [5.74, 6) is 0. The van der Waals surface area contributed by atoms with Gasteiger partial charge in [-0.25, -0.2) is 4.98 Å². The standard InChI is InChI=1S/C11H15N3OS/c15-8-10-6-12-11(16-10)14-5-4-13-3-1-2-9(13)7-14/h6,8-9H,1-5,7H2. The smallest absolute Gasteiger partial charge is 0.186 e. The fourth-order valence-electron chi connectivity index (χ4n) is 2.64. The van der Waals surface area contributed by atoms with E-state index in [0.29, 0.717) is 6.04 Å². The van der Waals surface area contributed by atoms with Gasteiger partial charge in [-0.2, -0.15) is 0 Å². The van der Waals surface area contributed by atoms with Crippen LogP contribution in [0.2, 0.25) is 0 Å². The molecule has 16 heavy (non-hydrogen) atoms. The van der Waals surface area contributed by atoms with E-state index in [2.05, 4.69) is 14.8 Å². The molecule has 2 aliphatic rings. The minimum absolute atomic E-state index is 0.706. The summed E-state index contributed by atoms with van der Waals surface area (Å²) in [6.45, 7) is 4.52. The fourth-order valence-corrected chi connectivity index (χ4v) is 3.41. The molecular formula is C11H15N3OS. The Morgan fingerprint density at radius 3 is 3.19 bits per heavy atom. The second-order valence-electron chi connectivity index (χ2n) is 4.44.